The number of nitrogens with one attached hydrogen (secondary N) is 1. The zero-order valence-corrected chi connectivity index (χ0v) is 30.6. The summed E-state index contributed by atoms with van der Waals surface area (Å²) in [5, 5.41) is 16.8. The average Bonchev–Trinajstić information content (AvgIpc) is 3.69. The third-order valence-corrected chi connectivity index (χ3v) is 10.0. The normalized spacial score (nSPS) is 15.2. The Balaban J connectivity index is 1.30. The van der Waals surface area contributed by atoms with Gasteiger partial charge in [0.25, 0.3) is 11.8 Å². The lowest BCUT2D eigenvalue weighted by atomic mass is 10.1. The molecule has 2 amide bonds. The third-order valence-electron chi connectivity index (χ3n) is 9.33. The Morgan fingerprint density at radius 1 is 1.00 bits per heavy atom. The molecule has 0 spiro atoms. The monoisotopic (exact) mass is 842 g/mol. The highest BCUT2D eigenvalue weighted by atomic mass is 79.9. The van der Waals surface area contributed by atoms with Crippen molar-refractivity contribution >= 4 is 38.6 Å². The van der Waals surface area contributed by atoms with Crippen LogP contribution >= 0.6 is 15.9 Å². The second-order valence-electron chi connectivity index (χ2n) is 13.1. The number of fused-ring (bicyclic) bond motifs is 2. The van der Waals surface area contributed by atoms with Crippen LogP contribution in [-0.4, -0.2) is 69.0 Å². The Hall–Kier alpha value is -5.82. The third kappa shape index (κ3) is 7.43. The topological polar surface area (TPSA) is 140 Å². The summed E-state index contributed by atoms with van der Waals surface area (Å²) >= 11 is 2.89. The maximum absolute atomic E-state index is 14.3. The van der Waals surface area contributed by atoms with Crippen molar-refractivity contribution in [2.75, 3.05) is 0 Å². The highest BCUT2D eigenvalue weighted by molar-refractivity contribution is 9.10. The molecule has 19 heteroatoms. The van der Waals surface area contributed by atoms with Gasteiger partial charge in [0.15, 0.2) is 11.9 Å². The highest BCUT2D eigenvalue weighted by Crippen LogP contribution is 2.36. The van der Waals surface area contributed by atoms with Crippen LogP contribution in [0.1, 0.15) is 44.6 Å². The van der Waals surface area contributed by atoms with Gasteiger partial charge in [0.05, 0.1) is 35.6 Å². The summed E-state index contributed by atoms with van der Waals surface area (Å²) in [6, 6.07) is 15.4. The van der Waals surface area contributed by atoms with E-state index in [2.05, 4.69) is 36.3 Å². The van der Waals surface area contributed by atoms with Gasteiger partial charge in [0.2, 0.25) is 0 Å². The minimum absolute atomic E-state index is 0.0580. The number of aliphatic hydroxyl groups excluding tert-OH is 1. The number of alkyl halides is 6. The summed E-state index contributed by atoms with van der Waals surface area (Å²) in [5.41, 5.74) is -0.443. The molecule has 56 heavy (non-hydrogen) atoms. The average molecular weight is 844 g/mol. The van der Waals surface area contributed by atoms with E-state index in [1.165, 1.54) is 39.9 Å². The first kappa shape index (κ1) is 38.5. The summed E-state index contributed by atoms with van der Waals surface area (Å²) < 4.78 is 83.6. The van der Waals surface area contributed by atoms with Crippen LogP contribution in [0.4, 0.5) is 26.3 Å². The van der Waals surface area contributed by atoms with Crippen molar-refractivity contribution in [1.29, 1.82) is 0 Å². The van der Waals surface area contributed by atoms with Crippen molar-refractivity contribution in [1.82, 2.24) is 39.1 Å². The Labute approximate surface area is 321 Å². The van der Waals surface area contributed by atoms with E-state index in [9.17, 15) is 45.8 Å². The predicted octanol–water partition coefficient (Wildman–Crippen LogP) is 6.12. The van der Waals surface area contributed by atoms with Crippen LogP contribution in [0.2, 0.25) is 0 Å². The molecular formula is C37H29BrF6N8O4. The maximum Gasteiger partial charge on any atom is 0.417 e. The number of nitrogens with zero attached hydrogens (tertiary/aromatic N) is 7. The van der Waals surface area contributed by atoms with Crippen LogP contribution in [0.15, 0.2) is 94.6 Å². The molecule has 290 valence electrons. The Kier molecular flexibility index (Phi) is 10.1. The molecule has 1 aliphatic rings. The first-order chi connectivity index (χ1) is 26.5. The molecule has 0 bridgehead atoms. The lowest BCUT2D eigenvalue weighted by Gasteiger charge is -2.34. The van der Waals surface area contributed by atoms with Crippen LogP contribution in [0.25, 0.3) is 28.0 Å². The second-order valence-corrected chi connectivity index (χ2v) is 13.9. The van der Waals surface area contributed by atoms with E-state index in [1.807, 2.05) is 0 Å². The van der Waals surface area contributed by atoms with Crippen molar-refractivity contribution in [2.24, 2.45) is 0 Å². The van der Waals surface area contributed by atoms with E-state index in [-0.39, 0.29) is 57.6 Å². The van der Waals surface area contributed by atoms with Crippen molar-refractivity contribution in [2.45, 2.75) is 57.6 Å². The molecule has 12 nitrogen and oxygen atoms in total. The number of aliphatic hydroxyl groups is 1. The number of carbonyl (C=O) groups excluding carboxylic acids is 2. The Morgan fingerprint density at radius 3 is 2.45 bits per heavy atom. The van der Waals surface area contributed by atoms with E-state index in [4.69, 9.17) is 0 Å². The van der Waals surface area contributed by atoms with Crippen LogP contribution in [-0.2, 0) is 32.4 Å². The molecule has 4 heterocycles. The summed E-state index contributed by atoms with van der Waals surface area (Å²) in [6.45, 7) is 0.206. The number of rotatable bonds is 8. The van der Waals surface area contributed by atoms with E-state index in [1.54, 1.807) is 49.6 Å². The van der Waals surface area contributed by atoms with Crippen molar-refractivity contribution in [3.05, 3.63) is 128 Å². The molecule has 3 aromatic heterocycles. The largest absolute Gasteiger partial charge is 0.417 e. The quantitative estimate of drug-likeness (QED) is 0.176. The van der Waals surface area contributed by atoms with Crippen LogP contribution in [0, 0.1) is 0 Å². The van der Waals surface area contributed by atoms with Crippen LogP contribution in [0.5, 0.6) is 0 Å². The number of hydrogen-bond donors (Lipinski definition) is 2. The van der Waals surface area contributed by atoms with Crippen molar-refractivity contribution in [3.8, 4) is 17.1 Å². The van der Waals surface area contributed by atoms with Crippen LogP contribution < -0.4 is 11.0 Å². The number of imidazole rings is 1. The molecule has 0 unspecified atom stereocenters. The second kappa shape index (κ2) is 14.7. The lowest BCUT2D eigenvalue weighted by molar-refractivity contribution is -0.207. The molecule has 3 aromatic carbocycles. The molecule has 0 fully saturated rings. The zero-order valence-electron chi connectivity index (χ0n) is 29.0. The number of halogens is 7. The van der Waals surface area contributed by atoms with Gasteiger partial charge in [0, 0.05) is 58.7 Å². The fourth-order valence-electron chi connectivity index (χ4n) is 6.57. The summed E-state index contributed by atoms with van der Waals surface area (Å²) in [7, 11) is 0. The molecule has 1 aliphatic heterocycles. The molecule has 0 radical (unpaired) electrons. The number of hydrogen-bond acceptors (Lipinski definition) is 7. The standard InChI is InChI=1S/C37H29BrF6N8O4/c1-20-16-51-29(18-50(20)34(55)21-7-9-27(38)26(14-21)36(39,40)41)31(33(54)47-15-22-5-2-3-6-25(22)32-45-11-4-12-46-32)52(35(51)56)24-8-10-28-23(13-24)17-49(48-28)19-30(53)37(42,43)44/h2-14,17,20,30,53H,15-16,18-19H2,1H3,(H,47,54)/t20-,30-/m0/s1. The molecular weight excluding hydrogens is 814 g/mol. The Morgan fingerprint density at radius 2 is 1.73 bits per heavy atom. The van der Waals surface area contributed by atoms with E-state index < -0.39 is 54.1 Å². The molecule has 0 aliphatic carbocycles. The summed E-state index contributed by atoms with van der Waals surface area (Å²) in [5.74, 6) is -1.11. The molecule has 0 saturated carbocycles. The minimum atomic E-state index is -4.89. The van der Waals surface area contributed by atoms with Crippen LogP contribution in [0.3, 0.4) is 0 Å². The summed E-state index contributed by atoms with van der Waals surface area (Å²) in [4.78, 5) is 52.3. The van der Waals surface area contributed by atoms with Gasteiger partial charge < -0.3 is 15.3 Å². The van der Waals surface area contributed by atoms with E-state index in [0.717, 1.165) is 21.4 Å². The van der Waals surface area contributed by atoms with Gasteiger partial charge in [-0.15, -0.1) is 0 Å². The zero-order chi connectivity index (χ0) is 40.1. The van der Waals surface area contributed by atoms with E-state index in [0.29, 0.717) is 17.0 Å². The number of amides is 2. The fraction of sp³-hybridized carbons (Fsp3) is 0.243. The number of carbonyl (C=O) groups is 2. The fourth-order valence-corrected chi connectivity index (χ4v) is 7.04. The van der Waals surface area contributed by atoms with E-state index >= 15 is 0 Å². The minimum Gasteiger partial charge on any atom is -0.382 e. The SMILES string of the molecule is C[C@H]1Cn2c(c(C(=O)NCc3ccccc3-c3ncccn3)n(-c3ccc4nn(C[C@H](O)C(F)(F)F)cc4c3)c2=O)CN1C(=O)c1ccc(Br)c(C(F)(F)F)c1. The van der Waals surface area contributed by atoms with Gasteiger partial charge in [-0.25, -0.2) is 14.8 Å². The summed E-state index contributed by atoms with van der Waals surface area (Å²) in [6.07, 6.45) is -7.94. The molecule has 0 saturated heterocycles. The first-order valence-corrected chi connectivity index (χ1v) is 17.7. The first-order valence-electron chi connectivity index (χ1n) is 16.9. The maximum atomic E-state index is 14.3. The van der Waals surface area contributed by atoms with Gasteiger partial charge >= 0.3 is 18.0 Å². The predicted molar refractivity (Wildman–Crippen MR) is 192 cm³/mol. The highest BCUT2D eigenvalue weighted by Gasteiger charge is 2.39. The van der Waals surface area contributed by atoms with Gasteiger partial charge in [-0.2, -0.15) is 31.4 Å². The molecule has 7 rings (SSSR count). The van der Waals surface area contributed by atoms with Crippen molar-refractivity contribution < 1.29 is 41.0 Å². The van der Waals surface area contributed by atoms with Crippen molar-refractivity contribution in [3.63, 3.8) is 0 Å². The Bertz CT molecular complexity index is 2530. The van der Waals surface area contributed by atoms with Gasteiger partial charge in [-0.1, -0.05) is 40.2 Å². The number of benzene rings is 3. The number of aromatic nitrogens is 6. The molecule has 6 aromatic rings. The smallest absolute Gasteiger partial charge is 0.382 e. The van der Waals surface area contributed by atoms with Gasteiger partial charge in [-0.3, -0.25) is 23.4 Å². The van der Waals surface area contributed by atoms with Gasteiger partial charge in [0.1, 0.15) is 5.69 Å². The molecule has 2 N–H and O–H groups in total. The lowest BCUT2D eigenvalue weighted by Crippen LogP contribution is -2.47. The molecule has 2 atom stereocenters. The van der Waals surface area contributed by atoms with Gasteiger partial charge in [-0.05, 0) is 55.0 Å².